The predicted molar refractivity (Wildman–Crippen MR) is 103 cm³/mol. The van der Waals surface area contributed by atoms with Gasteiger partial charge in [0.05, 0.1) is 6.61 Å². The van der Waals surface area contributed by atoms with Crippen LogP contribution in [0.15, 0.2) is 18.2 Å². The minimum atomic E-state index is -0.299. The number of rotatable bonds is 8. The highest BCUT2D eigenvalue weighted by Crippen LogP contribution is 2.17. The molecule has 26 heavy (non-hydrogen) atoms. The summed E-state index contributed by atoms with van der Waals surface area (Å²) in [5, 5.41) is 15.0. The van der Waals surface area contributed by atoms with Gasteiger partial charge in [-0.05, 0) is 56.8 Å². The van der Waals surface area contributed by atoms with Gasteiger partial charge in [-0.1, -0.05) is 18.6 Å². The third kappa shape index (κ3) is 6.42. The highest BCUT2D eigenvalue weighted by Gasteiger charge is 2.20. The molecule has 0 aliphatic carbocycles. The monoisotopic (exact) mass is 361 g/mol. The molecule has 6 nitrogen and oxygen atoms in total. The molecule has 3 N–H and O–H groups in total. The van der Waals surface area contributed by atoms with Gasteiger partial charge >= 0.3 is 0 Å². The average molecular weight is 361 g/mol. The van der Waals surface area contributed by atoms with E-state index in [1.807, 2.05) is 32.0 Å². The number of nitrogens with zero attached hydrogens (tertiary/aromatic N) is 1. The summed E-state index contributed by atoms with van der Waals surface area (Å²) < 4.78 is 0. The second-order valence-electron chi connectivity index (χ2n) is 7.11. The zero-order valence-corrected chi connectivity index (χ0v) is 15.9. The highest BCUT2D eigenvalue weighted by molar-refractivity contribution is 6.03. The van der Waals surface area contributed by atoms with Gasteiger partial charge in [-0.2, -0.15) is 0 Å². The van der Waals surface area contributed by atoms with Crippen molar-refractivity contribution < 1.29 is 14.7 Å². The number of aliphatic hydroxyl groups is 1. The maximum atomic E-state index is 12.0. The van der Waals surface area contributed by atoms with E-state index < -0.39 is 0 Å². The molecule has 0 saturated carbocycles. The number of aryl methyl sites for hydroxylation is 2. The first-order valence-electron chi connectivity index (χ1n) is 9.48. The van der Waals surface area contributed by atoms with Crippen LogP contribution in [0.25, 0.3) is 0 Å². The lowest BCUT2D eigenvalue weighted by atomic mass is 10.0. The highest BCUT2D eigenvalue weighted by atomic mass is 16.3. The van der Waals surface area contributed by atoms with Crippen LogP contribution in [0.4, 0.5) is 5.69 Å². The van der Waals surface area contributed by atoms with Crippen molar-refractivity contribution >= 4 is 17.5 Å². The van der Waals surface area contributed by atoms with Gasteiger partial charge < -0.3 is 15.7 Å². The Labute approximate surface area is 156 Å². The van der Waals surface area contributed by atoms with Crippen LogP contribution in [0.5, 0.6) is 0 Å². The molecule has 1 atom stereocenters. The Hall–Kier alpha value is -1.92. The summed E-state index contributed by atoms with van der Waals surface area (Å²) in [4.78, 5) is 26.3. The number of nitrogens with one attached hydrogen (secondary N) is 2. The zero-order valence-electron chi connectivity index (χ0n) is 15.9. The van der Waals surface area contributed by atoms with Gasteiger partial charge in [-0.15, -0.1) is 0 Å². The summed E-state index contributed by atoms with van der Waals surface area (Å²) >= 11 is 0. The van der Waals surface area contributed by atoms with Gasteiger partial charge in [-0.3, -0.25) is 14.5 Å². The Kier molecular flexibility index (Phi) is 8.06. The van der Waals surface area contributed by atoms with Crippen LogP contribution in [-0.4, -0.2) is 54.1 Å². The van der Waals surface area contributed by atoms with E-state index in [2.05, 4.69) is 15.5 Å². The lowest BCUT2D eigenvalue weighted by Crippen LogP contribution is -2.43. The van der Waals surface area contributed by atoms with Crippen LogP contribution in [0, 0.1) is 13.8 Å². The molecular weight excluding hydrogens is 330 g/mol. The molecule has 0 aromatic heterocycles. The molecule has 1 saturated heterocycles. The number of piperidine rings is 1. The molecule has 1 aromatic rings. The maximum Gasteiger partial charge on any atom is 0.233 e. The molecule has 2 amide bonds. The van der Waals surface area contributed by atoms with Crippen molar-refractivity contribution in [3.8, 4) is 0 Å². The first-order valence-corrected chi connectivity index (χ1v) is 9.48. The zero-order chi connectivity index (χ0) is 18.9. The summed E-state index contributed by atoms with van der Waals surface area (Å²) in [6.45, 7) is 6.51. The Balaban J connectivity index is 1.66. The van der Waals surface area contributed by atoms with E-state index in [9.17, 15) is 14.7 Å². The van der Waals surface area contributed by atoms with Crippen molar-refractivity contribution in [2.45, 2.75) is 52.0 Å². The number of aliphatic hydroxyl groups excluding tert-OH is 1. The van der Waals surface area contributed by atoms with E-state index in [0.29, 0.717) is 6.54 Å². The third-order valence-corrected chi connectivity index (χ3v) is 4.89. The lowest BCUT2D eigenvalue weighted by molar-refractivity contribution is -0.126. The quantitative estimate of drug-likeness (QED) is 0.488. The fourth-order valence-corrected chi connectivity index (χ4v) is 3.34. The normalized spacial score (nSPS) is 17.7. The van der Waals surface area contributed by atoms with Crippen molar-refractivity contribution in [2.24, 2.45) is 0 Å². The van der Waals surface area contributed by atoms with Gasteiger partial charge in [0.1, 0.15) is 6.42 Å². The summed E-state index contributed by atoms with van der Waals surface area (Å²) in [6, 6.07) is 6.09. The molecule has 144 valence electrons. The Morgan fingerprint density at radius 2 is 2.04 bits per heavy atom. The first-order chi connectivity index (χ1) is 12.5. The number of amides is 2. The van der Waals surface area contributed by atoms with Gasteiger partial charge in [0.2, 0.25) is 11.8 Å². The van der Waals surface area contributed by atoms with Gasteiger partial charge in [-0.25, -0.2) is 0 Å². The molecule has 1 heterocycles. The Bertz CT molecular complexity index is 618. The van der Waals surface area contributed by atoms with E-state index in [1.165, 1.54) is 12.8 Å². The molecule has 0 unspecified atom stereocenters. The van der Waals surface area contributed by atoms with Crippen LogP contribution in [0.2, 0.25) is 0 Å². The topological polar surface area (TPSA) is 81.7 Å². The SMILES string of the molecule is Cc1ccc(C)c(NC(=O)CC(=O)NCCCN2CCCC[C@H]2CO)c1. The van der Waals surface area contributed by atoms with Crippen LogP contribution < -0.4 is 10.6 Å². The van der Waals surface area contributed by atoms with Crippen molar-refractivity contribution in [1.29, 1.82) is 0 Å². The number of benzene rings is 1. The number of anilines is 1. The number of hydrogen-bond acceptors (Lipinski definition) is 4. The van der Waals surface area contributed by atoms with E-state index in [4.69, 9.17) is 0 Å². The van der Waals surface area contributed by atoms with Gasteiger partial charge in [0.15, 0.2) is 0 Å². The summed E-state index contributed by atoms with van der Waals surface area (Å²) in [6.07, 6.45) is 4.04. The van der Waals surface area contributed by atoms with Crippen molar-refractivity contribution in [2.75, 3.05) is 31.6 Å². The largest absolute Gasteiger partial charge is 0.395 e. The van der Waals surface area contributed by atoms with E-state index in [0.717, 1.165) is 42.7 Å². The smallest absolute Gasteiger partial charge is 0.233 e. The van der Waals surface area contributed by atoms with Crippen molar-refractivity contribution in [3.05, 3.63) is 29.3 Å². The third-order valence-electron chi connectivity index (χ3n) is 4.89. The fourth-order valence-electron chi connectivity index (χ4n) is 3.34. The van der Waals surface area contributed by atoms with E-state index in [1.54, 1.807) is 0 Å². The lowest BCUT2D eigenvalue weighted by Gasteiger charge is -2.34. The number of carbonyl (C=O) groups is 2. The van der Waals surface area contributed by atoms with Crippen molar-refractivity contribution in [1.82, 2.24) is 10.2 Å². The van der Waals surface area contributed by atoms with Gasteiger partial charge in [0.25, 0.3) is 0 Å². The second kappa shape index (κ2) is 10.3. The molecule has 1 aliphatic rings. The summed E-state index contributed by atoms with van der Waals surface area (Å²) in [7, 11) is 0. The molecule has 2 rings (SSSR count). The Morgan fingerprint density at radius 1 is 1.23 bits per heavy atom. The van der Waals surface area contributed by atoms with Crippen LogP contribution in [-0.2, 0) is 9.59 Å². The standard InChI is InChI=1S/C20H31N3O3/c1-15-7-8-16(2)18(12-15)22-20(26)13-19(25)21-9-5-11-23-10-4-3-6-17(23)14-24/h7-8,12,17,24H,3-6,9-11,13-14H2,1-2H3,(H,21,25)(H,22,26)/t17-/m0/s1. The number of likely N-dealkylation sites (tertiary alicyclic amines) is 1. The molecule has 0 radical (unpaired) electrons. The molecular formula is C20H31N3O3. The second-order valence-corrected chi connectivity index (χ2v) is 7.11. The minimum Gasteiger partial charge on any atom is -0.395 e. The maximum absolute atomic E-state index is 12.0. The van der Waals surface area contributed by atoms with Crippen molar-refractivity contribution in [3.63, 3.8) is 0 Å². The molecule has 6 heteroatoms. The fraction of sp³-hybridized carbons (Fsp3) is 0.600. The predicted octanol–water partition coefficient (Wildman–Crippen LogP) is 1.99. The van der Waals surface area contributed by atoms with Gasteiger partial charge in [0, 0.05) is 24.8 Å². The molecule has 0 bridgehead atoms. The molecule has 1 aliphatic heterocycles. The van der Waals surface area contributed by atoms with Crippen LogP contribution in [0.3, 0.4) is 0 Å². The average Bonchev–Trinajstić information content (AvgIpc) is 2.62. The minimum absolute atomic E-state index is 0.170. The van der Waals surface area contributed by atoms with Crippen LogP contribution >= 0.6 is 0 Å². The van der Waals surface area contributed by atoms with E-state index in [-0.39, 0.29) is 30.9 Å². The molecule has 1 aromatic carbocycles. The summed E-state index contributed by atoms with van der Waals surface area (Å²) in [5.74, 6) is -0.558. The Morgan fingerprint density at radius 3 is 2.81 bits per heavy atom. The molecule has 1 fully saturated rings. The van der Waals surface area contributed by atoms with Crippen LogP contribution in [0.1, 0.15) is 43.2 Å². The summed E-state index contributed by atoms with van der Waals surface area (Å²) in [5.41, 5.74) is 2.79. The number of carbonyl (C=O) groups excluding carboxylic acids is 2. The number of hydrogen-bond donors (Lipinski definition) is 3. The first kappa shape index (κ1) is 20.4. The van der Waals surface area contributed by atoms with E-state index >= 15 is 0 Å². The molecule has 0 spiro atoms.